The lowest BCUT2D eigenvalue weighted by Gasteiger charge is -2.37. The van der Waals surface area contributed by atoms with E-state index >= 15 is 0 Å². The number of aromatic hydroxyl groups is 1. The van der Waals surface area contributed by atoms with Crippen LogP contribution in [0.1, 0.15) is 35.8 Å². The fourth-order valence-corrected chi connectivity index (χ4v) is 4.77. The molecule has 2 N–H and O–H groups in total. The molecule has 0 amide bonds. The van der Waals surface area contributed by atoms with E-state index in [4.69, 9.17) is 9.73 Å². The van der Waals surface area contributed by atoms with E-state index in [1.54, 1.807) is 22.8 Å². The summed E-state index contributed by atoms with van der Waals surface area (Å²) in [4.78, 5) is 24.7. The third kappa shape index (κ3) is 4.35. The summed E-state index contributed by atoms with van der Waals surface area (Å²) in [5.74, 6) is 2.20. The minimum atomic E-state index is -0.608. The normalized spacial score (nSPS) is 18.1. The number of benzene rings is 2. The number of nitrogens with zero attached hydrogens (tertiary/aromatic N) is 4. The van der Waals surface area contributed by atoms with Crippen LogP contribution in [0.5, 0.6) is 11.5 Å². The molecule has 34 heavy (non-hydrogen) atoms. The fourth-order valence-electron chi connectivity index (χ4n) is 4.77. The monoisotopic (exact) mass is 459 g/mol. The highest BCUT2D eigenvalue weighted by Gasteiger charge is 2.30. The van der Waals surface area contributed by atoms with Crippen molar-refractivity contribution < 1.29 is 9.84 Å². The van der Waals surface area contributed by atoms with Gasteiger partial charge in [-0.1, -0.05) is 36.4 Å². The lowest BCUT2D eigenvalue weighted by molar-refractivity contribution is 0.262. The number of aromatic nitrogens is 2. The van der Waals surface area contributed by atoms with Gasteiger partial charge >= 0.3 is 0 Å². The van der Waals surface area contributed by atoms with Crippen LogP contribution in [0.15, 0.2) is 64.4 Å². The third-order valence-electron chi connectivity index (χ3n) is 6.58. The van der Waals surface area contributed by atoms with Crippen molar-refractivity contribution in [3.8, 4) is 11.5 Å². The molecule has 8 nitrogen and oxygen atoms in total. The number of hydrogen-bond acceptors (Lipinski definition) is 7. The number of aliphatic imine (C=N–C) groups is 1. The van der Waals surface area contributed by atoms with Gasteiger partial charge in [0.1, 0.15) is 0 Å². The highest BCUT2D eigenvalue weighted by Crippen LogP contribution is 2.33. The first kappa shape index (κ1) is 22.0. The first-order valence-electron chi connectivity index (χ1n) is 11.6. The number of nitrogens with one attached hydrogen (secondary N) is 1. The first-order valence-corrected chi connectivity index (χ1v) is 11.6. The van der Waals surface area contributed by atoms with Crippen LogP contribution < -0.4 is 15.6 Å². The zero-order valence-electron chi connectivity index (χ0n) is 19.4. The Kier molecular flexibility index (Phi) is 5.96. The molecular formula is C26H29N5O3. The summed E-state index contributed by atoms with van der Waals surface area (Å²) in [6, 6.07) is 17.2. The number of phenols is 1. The van der Waals surface area contributed by atoms with Crippen molar-refractivity contribution in [3.05, 3.63) is 81.8 Å². The van der Waals surface area contributed by atoms with Gasteiger partial charge in [0.25, 0.3) is 5.56 Å². The SMILES string of the molecule is COc1cc([C@H]2N=C(N3CCC(Cc4ccccc4)CC3)Nc3nc(C)cc(=O)n32)ccc1O. The van der Waals surface area contributed by atoms with Crippen molar-refractivity contribution in [2.75, 3.05) is 25.5 Å². The van der Waals surface area contributed by atoms with Crippen LogP contribution in [-0.4, -0.2) is 45.7 Å². The number of ether oxygens (including phenoxy) is 1. The topological polar surface area (TPSA) is 92.0 Å². The maximum absolute atomic E-state index is 12.9. The lowest BCUT2D eigenvalue weighted by Crippen LogP contribution is -2.46. The van der Waals surface area contributed by atoms with Crippen LogP contribution in [0.2, 0.25) is 0 Å². The van der Waals surface area contributed by atoms with E-state index in [9.17, 15) is 9.90 Å². The lowest BCUT2D eigenvalue weighted by atomic mass is 9.90. The molecule has 176 valence electrons. The molecule has 0 bridgehead atoms. The van der Waals surface area contributed by atoms with Crippen LogP contribution in [0.25, 0.3) is 0 Å². The molecule has 0 aliphatic carbocycles. The Labute approximate surface area is 198 Å². The van der Waals surface area contributed by atoms with Crippen molar-refractivity contribution in [2.24, 2.45) is 10.9 Å². The van der Waals surface area contributed by atoms with E-state index in [2.05, 4.69) is 45.5 Å². The van der Waals surface area contributed by atoms with Crippen molar-refractivity contribution in [2.45, 2.75) is 32.4 Å². The smallest absolute Gasteiger partial charge is 0.257 e. The number of fused-ring (bicyclic) bond motifs is 1. The Morgan fingerprint density at radius 1 is 1.12 bits per heavy atom. The highest BCUT2D eigenvalue weighted by atomic mass is 16.5. The summed E-state index contributed by atoms with van der Waals surface area (Å²) in [7, 11) is 1.50. The molecule has 5 rings (SSSR count). The highest BCUT2D eigenvalue weighted by molar-refractivity contribution is 5.93. The molecule has 0 saturated carbocycles. The molecule has 1 aromatic heterocycles. The zero-order chi connectivity index (χ0) is 23.7. The fraction of sp³-hybridized carbons (Fsp3) is 0.346. The quantitative estimate of drug-likeness (QED) is 0.620. The maximum atomic E-state index is 12.9. The summed E-state index contributed by atoms with van der Waals surface area (Å²) in [6.45, 7) is 3.57. The summed E-state index contributed by atoms with van der Waals surface area (Å²) in [6.07, 6.45) is 2.62. The minimum Gasteiger partial charge on any atom is -0.504 e. The molecule has 3 heterocycles. The van der Waals surface area contributed by atoms with E-state index in [1.165, 1.54) is 18.7 Å². The van der Waals surface area contributed by atoms with Gasteiger partial charge in [0, 0.05) is 30.4 Å². The average molecular weight is 460 g/mol. The molecule has 0 spiro atoms. The molecule has 0 radical (unpaired) electrons. The molecule has 8 heteroatoms. The largest absolute Gasteiger partial charge is 0.504 e. The Hall–Kier alpha value is -3.81. The molecule has 2 aliphatic heterocycles. The van der Waals surface area contributed by atoms with Crippen LogP contribution in [-0.2, 0) is 6.42 Å². The standard InChI is InChI=1S/C26H29N5O3/c1-17-14-23(33)31-24(20-8-9-21(32)22(16-20)34-2)28-25(29-26(31)27-17)30-12-10-19(11-13-30)15-18-6-4-3-5-7-18/h3-9,14,16,19,24,32H,10-13,15H2,1-2H3,(H,27,28,29)/t24-/m0/s1. The zero-order valence-corrected chi connectivity index (χ0v) is 19.4. The van der Waals surface area contributed by atoms with Crippen molar-refractivity contribution >= 4 is 11.9 Å². The van der Waals surface area contributed by atoms with Crippen LogP contribution >= 0.6 is 0 Å². The number of hydrogen-bond donors (Lipinski definition) is 2. The Balaban J connectivity index is 1.42. The van der Waals surface area contributed by atoms with Gasteiger partial charge in [0.2, 0.25) is 11.9 Å². The van der Waals surface area contributed by atoms with Crippen molar-refractivity contribution in [1.82, 2.24) is 14.5 Å². The van der Waals surface area contributed by atoms with Crippen LogP contribution in [0.4, 0.5) is 5.95 Å². The third-order valence-corrected chi connectivity index (χ3v) is 6.58. The number of aryl methyl sites for hydroxylation is 1. The predicted molar refractivity (Wildman–Crippen MR) is 132 cm³/mol. The number of anilines is 1. The molecule has 0 unspecified atom stereocenters. The number of likely N-dealkylation sites (tertiary alicyclic amines) is 1. The van der Waals surface area contributed by atoms with Gasteiger partial charge in [-0.25, -0.2) is 9.98 Å². The first-order chi connectivity index (χ1) is 16.5. The second-order valence-electron chi connectivity index (χ2n) is 8.93. The van der Waals surface area contributed by atoms with E-state index in [0.717, 1.165) is 37.9 Å². The minimum absolute atomic E-state index is 0.0412. The predicted octanol–water partition coefficient (Wildman–Crippen LogP) is 3.55. The summed E-state index contributed by atoms with van der Waals surface area (Å²) in [5.41, 5.74) is 2.58. The number of methoxy groups -OCH3 is 1. The summed E-state index contributed by atoms with van der Waals surface area (Å²) >= 11 is 0. The van der Waals surface area contributed by atoms with Gasteiger partial charge in [-0.3, -0.25) is 14.7 Å². The Bertz CT molecular complexity index is 1260. The van der Waals surface area contributed by atoms with E-state index in [1.807, 2.05) is 6.92 Å². The van der Waals surface area contributed by atoms with E-state index < -0.39 is 6.17 Å². The number of rotatable bonds is 4. The molecular weight excluding hydrogens is 430 g/mol. The molecule has 2 aromatic carbocycles. The van der Waals surface area contributed by atoms with Gasteiger partial charge in [-0.15, -0.1) is 0 Å². The van der Waals surface area contributed by atoms with E-state index in [-0.39, 0.29) is 11.3 Å². The number of guanidine groups is 1. The van der Waals surface area contributed by atoms with Crippen molar-refractivity contribution in [1.29, 1.82) is 0 Å². The van der Waals surface area contributed by atoms with Gasteiger partial charge in [-0.2, -0.15) is 0 Å². The Morgan fingerprint density at radius 3 is 2.62 bits per heavy atom. The van der Waals surface area contributed by atoms with Crippen molar-refractivity contribution in [3.63, 3.8) is 0 Å². The second kappa shape index (κ2) is 9.21. The van der Waals surface area contributed by atoms with Crippen LogP contribution in [0, 0.1) is 12.8 Å². The average Bonchev–Trinajstić information content (AvgIpc) is 2.84. The van der Waals surface area contributed by atoms with Gasteiger partial charge in [-0.05, 0) is 49.8 Å². The van der Waals surface area contributed by atoms with Gasteiger partial charge < -0.3 is 14.7 Å². The number of phenolic OH excluding ortho intramolecular Hbond substituents is 1. The summed E-state index contributed by atoms with van der Waals surface area (Å²) < 4.78 is 6.84. The van der Waals surface area contributed by atoms with Gasteiger partial charge in [0.15, 0.2) is 17.7 Å². The molecule has 3 aromatic rings. The number of piperidine rings is 1. The van der Waals surface area contributed by atoms with Crippen LogP contribution in [0.3, 0.4) is 0 Å². The molecule has 1 saturated heterocycles. The van der Waals surface area contributed by atoms with Gasteiger partial charge in [0.05, 0.1) is 7.11 Å². The maximum Gasteiger partial charge on any atom is 0.257 e. The summed E-state index contributed by atoms with van der Waals surface area (Å²) in [5, 5.41) is 13.3. The van der Waals surface area contributed by atoms with E-state index in [0.29, 0.717) is 29.3 Å². The molecule has 2 aliphatic rings. The molecule has 1 atom stereocenters. The molecule has 1 fully saturated rings. The Morgan fingerprint density at radius 2 is 1.88 bits per heavy atom. The second-order valence-corrected chi connectivity index (χ2v) is 8.93.